The van der Waals surface area contributed by atoms with E-state index in [0.717, 1.165) is 32.4 Å². The Kier molecular flexibility index (Phi) is 4.49. The second-order valence-corrected chi connectivity index (χ2v) is 10.2. The number of fused-ring (bicyclic) bond motifs is 2. The van der Waals surface area contributed by atoms with E-state index in [-0.39, 0.29) is 29.0 Å². The molecule has 0 aromatic carbocycles. The summed E-state index contributed by atoms with van der Waals surface area (Å²) in [5.74, 6) is -0.584. The standard InChI is InChI=1S/C24H30FN3O3/c1-23-13-27(11-15(23)5-3-4-14(23)10-26)20-8-19-17(9-24(20,2)25)21(29)18(22(30)31)12-28(19)16-6-7-16/h3,5,8,12,14-16H,4,6-7,9-11,13,26H2,1-2H3,(H,30,31)/t14-,15+,23-,24?/m0/s1. The van der Waals surface area contributed by atoms with Crippen LogP contribution in [0.5, 0.6) is 0 Å². The first-order valence-electron chi connectivity index (χ1n) is 11.2. The Morgan fingerprint density at radius 1 is 1.35 bits per heavy atom. The van der Waals surface area contributed by atoms with Crippen molar-refractivity contribution in [2.75, 3.05) is 19.6 Å². The van der Waals surface area contributed by atoms with Gasteiger partial charge in [-0.2, -0.15) is 0 Å². The van der Waals surface area contributed by atoms with Crippen LogP contribution in [0.15, 0.2) is 28.8 Å². The maximum Gasteiger partial charge on any atom is 0.341 e. The van der Waals surface area contributed by atoms with Crippen LogP contribution in [-0.4, -0.2) is 45.8 Å². The molecule has 1 aromatic heterocycles. The zero-order valence-corrected chi connectivity index (χ0v) is 18.1. The molecule has 1 saturated carbocycles. The van der Waals surface area contributed by atoms with Crippen LogP contribution < -0.4 is 11.2 Å². The number of nitrogens with two attached hydrogens (primary N) is 1. The lowest BCUT2D eigenvalue weighted by molar-refractivity contribution is 0.0693. The molecule has 0 amide bonds. The van der Waals surface area contributed by atoms with E-state index in [1.807, 2.05) is 10.6 Å². The van der Waals surface area contributed by atoms with E-state index < -0.39 is 17.1 Å². The number of carboxylic acids is 1. The van der Waals surface area contributed by atoms with Crippen LogP contribution in [0.1, 0.15) is 60.8 Å². The summed E-state index contributed by atoms with van der Waals surface area (Å²) in [6, 6.07) is 0.178. The third kappa shape index (κ3) is 3.08. The number of halogens is 1. The Morgan fingerprint density at radius 2 is 2.10 bits per heavy atom. The van der Waals surface area contributed by atoms with Gasteiger partial charge in [-0.25, -0.2) is 9.18 Å². The molecule has 2 heterocycles. The Morgan fingerprint density at radius 3 is 2.74 bits per heavy atom. The van der Waals surface area contributed by atoms with Crippen LogP contribution in [0, 0.1) is 17.3 Å². The molecular formula is C24H30FN3O3. The molecule has 1 saturated heterocycles. The van der Waals surface area contributed by atoms with Gasteiger partial charge in [0.2, 0.25) is 0 Å². The zero-order valence-electron chi connectivity index (χ0n) is 18.1. The van der Waals surface area contributed by atoms with Crippen LogP contribution in [0.25, 0.3) is 6.08 Å². The zero-order chi connectivity index (χ0) is 22.1. The quantitative estimate of drug-likeness (QED) is 0.722. The molecule has 0 radical (unpaired) electrons. The minimum atomic E-state index is -1.74. The molecular weight excluding hydrogens is 397 g/mol. The number of likely N-dealkylation sites (tertiary alicyclic amines) is 1. The van der Waals surface area contributed by atoms with Gasteiger partial charge in [-0.05, 0) is 50.1 Å². The minimum absolute atomic E-state index is 0.00990. The maximum absolute atomic E-state index is 16.1. The molecule has 1 aliphatic heterocycles. The van der Waals surface area contributed by atoms with Gasteiger partial charge in [0.15, 0.2) is 11.1 Å². The van der Waals surface area contributed by atoms with E-state index in [2.05, 4.69) is 24.0 Å². The van der Waals surface area contributed by atoms with E-state index in [9.17, 15) is 14.7 Å². The molecule has 7 heteroatoms. The van der Waals surface area contributed by atoms with Gasteiger partial charge in [0, 0.05) is 43.2 Å². The van der Waals surface area contributed by atoms with Gasteiger partial charge < -0.3 is 20.3 Å². The van der Waals surface area contributed by atoms with Gasteiger partial charge in [0.1, 0.15) is 5.56 Å². The van der Waals surface area contributed by atoms with Gasteiger partial charge >= 0.3 is 5.97 Å². The number of carboxylic acid groups (broad SMARTS) is 1. The summed E-state index contributed by atoms with van der Waals surface area (Å²) in [6.45, 7) is 5.83. The smallest absolute Gasteiger partial charge is 0.341 e. The molecule has 3 N–H and O–H groups in total. The molecule has 1 aromatic rings. The molecule has 4 aliphatic rings. The Hall–Kier alpha value is -2.41. The van der Waals surface area contributed by atoms with Crippen molar-refractivity contribution in [1.82, 2.24) is 9.47 Å². The average molecular weight is 428 g/mol. The number of rotatable bonds is 4. The summed E-state index contributed by atoms with van der Waals surface area (Å²) in [5, 5.41) is 9.50. The highest BCUT2D eigenvalue weighted by Gasteiger charge is 2.51. The molecule has 166 valence electrons. The molecule has 5 rings (SSSR count). The van der Waals surface area contributed by atoms with Gasteiger partial charge in [0.05, 0.1) is 11.4 Å². The summed E-state index contributed by atoms with van der Waals surface area (Å²) in [5.41, 5.74) is 5.04. The molecule has 4 atom stereocenters. The van der Waals surface area contributed by atoms with Gasteiger partial charge in [-0.1, -0.05) is 19.1 Å². The van der Waals surface area contributed by atoms with E-state index in [1.54, 1.807) is 0 Å². The number of hydrogen-bond donors (Lipinski definition) is 2. The number of hydrogen-bond acceptors (Lipinski definition) is 4. The molecule has 2 fully saturated rings. The topological polar surface area (TPSA) is 88.6 Å². The van der Waals surface area contributed by atoms with Crippen molar-refractivity contribution in [2.45, 2.75) is 51.2 Å². The monoisotopic (exact) mass is 427 g/mol. The first-order chi connectivity index (χ1) is 14.7. The highest BCUT2D eigenvalue weighted by molar-refractivity contribution is 5.88. The number of aromatic carboxylic acids is 1. The molecule has 3 aliphatic carbocycles. The van der Waals surface area contributed by atoms with E-state index in [1.165, 1.54) is 13.1 Å². The fraction of sp³-hybridized carbons (Fsp3) is 0.583. The van der Waals surface area contributed by atoms with Crippen molar-refractivity contribution in [3.05, 3.63) is 51.1 Å². The van der Waals surface area contributed by atoms with Crippen molar-refractivity contribution >= 4 is 12.0 Å². The second kappa shape index (κ2) is 6.79. The number of aromatic nitrogens is 1. The van der Waals surface area contributed by atoms with Crippen LogP contribution >= 0.6 is 0 Å². The first-order valence-corrected chi connectivity index (χ1v) is 11.2. The third-order valence-corrected chi connectivity index (χ3v) is 8.00. The summed E-state index contributed by atoms with van der Waals surface area (Å²) >= 11 is 0. The van der Waals surface area contributed by atoms with Gasteiger partial charge in [0.25, 0.3) is 0 Å². The number of allylic oxidation sites excluding steroid dienone is 2. The van der Waals surface area contributed by atoms with Crippen LogP contribution in [0.3, 0.4) is 0 Å². The van der Waals surface area contributed by atoms with Gasteiger partial charge in [-0.15, -0.1) is 0 Å². The van der Waals surface area contributed by atoms with Crippen molar-refractivity contribution in [3.8, 4) is 0 Å². The first kappa shape index (κ1) is 20.5. The predicted octanol–water partition coefficient (Wildman–Crippen LogP) is 2.98. The van der Waals surface area contributed by atoms with Crippen LogP contribution in [0.4, 0.5) is 4.39 Å². The van der Waals surface area contributed by atoms with Crippen LogP contribution in [-0.2, 0) is 6.42 Å². The minimum Gasteiger partial charge on any atom is -0.477 e. The summed E-state index contributed by atoms with van der Waals surface area (Å²) in [6.07, 6.45) is 10.4. The average Bonchev–Trinajstić information content (AvgIpc) is 3.48. The lowest BCUT2D eigenvalue weighted by atomic mass is 9.66. The van der Waals surface area contributed by atoms with Crippen LogP contribution in [0.2, 0.25) is 0 Å². The lowest BCUT2D eigenvalue weighted by Crippen LogP contribution is -2.43. The van der Waals surface area contributed by atoms with Crippen molar-refractivity contribution < 1.29 is 14.3 Å². The third-order valence-electron chi connectivity index (χ3n) is 8.00. The Bertz CT molecular complexity index is 1070. The van der Waals surface area contributed by atoms with E-state index in [0.29, 0.717) is 29.8 Å². The number of carbonyl (C=O) groups is 1. The number of pyridine rings is 1. The van der Waals surface area contributed by atoms with E-state index in [4.69, 9.17) is 5.73 Å². The summed E-state index contributed by atoms with van der Waals surface area (Å²) in [7, 11) is 0. The summed E-state index contributed by atoms with van der Waals surface area (Å²) < 4.78 is 18.0. The normalized spacial score (nSPS) is 34.3. The fourth-order valence-electron chi connectivity index (χ4n) is 5.94. The van der Waals surface area contributed by atoms with Crippen molar-refractivity contribution in [3.63, 3.8) is 0 Å². The maximum atomic E-state index is 16.1. The largest absolute Gasteiger partial charge is 0.477 e. The molecule has 0 spiro atoms. The highest BCUT2D eigenvalue weighted by Crippen LogP contribution is 2.50. The van der Waals surface area contributed by atoms with Crippen molar-refractivity contribution in [1.29, 1.82) is 0 Å². The lowest BCUT2D eigenvalue weighted by Gasteiger charge is -2.40. The van der Waals surface area contributed by atoms with Gasteiger partial charge in [-0.3, -0.25) is 4.79 Å². The molecule has 31 heavy (non-hydrogen) atoms. The molecule has 0 bridgehead atoms. The Balaban J connectivity index is 1.61. The SMILES string of the molecule is CC1(F)Cc2c(n(C3CC3)cc(C(=O)O)c2=O)C=C1N1C[C@H]2C=CC[C@@H](CN)[C@]2(C)C1. The summed E-state index contributed by atoms with van der Waals surface area (Å²) in [4.78, 5) is 26.6. The second-order valence-electron chi connectivity index (χ2n) is 10.2. The fourth-order valence-corrected chi connectivity index (χ4v) is 5.94. The highest BCUT2D eigenvalue weighted by atomic mass is 19.1. The van der Waals surface area contributed by atoms with Crippen molar-refractivity contribution in [2.24, 2.45) is 23.0 Å². The number of nitrogens with zero attached hydrogens (tertiary/aromatic N) is 2. The van der Waals surface area contributed by atoms with E-state index >= 15 is 4.39 Å². The molecule has 1 unspecified atom stereocenters. The molecule has 6 nitrogen and oxygen atoms in total. The number of alkyl halides is 1. The predicted molar refractivity (Wildman–Crippen MR) is 117 cm³/mol. The Labute approximate surface area is 181 Å².